The van der Waals surface area contributed by atoms with Gasteiger partial charge in [-0.2, -0.15) is 0 Å². The van der Waals surface area contributed by atoms with E-state index in [4.69, 9.17) is 0 Å². The van der Waals surface area contributed by atoms with Crippen LogP contribution in [-0.4, -0.2) is 0 Å². The van der Waals surface area contributed by atoms with Crippen molar-refractivity contribution < 1.29 is 0 Å². The van der Waals surface area contributed by atoms with E-state index < -0.39 is 0 Å². The summed E-state index contributed by atoms with van der Waals surface area (Å²) >= 11 is 0. The minimum absolute atomic E-state index is 0.789. The lowest BCUT2D eigenvalue weighted by Crippen LogP contribution is -1.80. The highest BCUT2D eigenvalue weighted by atomic mass is 14.0. The van der Waals surface area contributed by atoms with Gasteiger partial charge in [-0.1, -0.05) is 90.0 Å². The van der Waals surface area contributed by atoms with E-state index in [1.54, 1.807) is 0 Å². The number of allylic oxidation sites excluding steroid dienone is 4. The summed E-state index contributed by atoms with van der Waals surface area (Å²) < 4.78 is 0. The SMILES string of the molecule is CCCCCCCCCC/C=C/C/C=C/CC(C)C. The van der Waals surface area contributed by atoms with E-state index in [1.165, 1.54) is 64.2 Å². The van der Waals surface area contributed by atoms with Crippen LogP contribution in [0.4, 0.5) is 0 Å². The minimum atomic E-state index is 0.789. The third-order valence-corrected chi connectivity index (χ3v) is 3.44. The van der Waals surface area contributed by atoms with E-state index in [2.05, 4.69) is 45.1 Å². The van der Waals surface area contributed by atoms with E-state index in [-0.39, 0.29) is 0 Å². The molecule has 0 aromatic rings. The molecule has 0 aromatic carbocycles. The predicted molar refractivity (Wildman–Crippen MR) is 89.6 cm³/mol. The maximum atomic E-state index is 2.36. The standard InChI is InChI=1S/C19H36/c1-4-5-6-7-8-9-10-11-12-13-14-15-16-17-18-19(2)3/h13-14,16-17,19H,4-12,15,18H2,1-3H3/b14-13+,17-16+. The van der Waals surface area contributed by atoms with Crippen LogP contribution in [0, 0.1) is 5.92 Å². The van der Waals surface area contributed by atoms with Crippen LogP contribution in [0.1, 0.15) is 91.4 Å². The van der Waals surface area contributed by atoms with Gasteiger partial charge in [0.05, 0.1) is 0 Å². The van der Waals surface area contributed by atoms with Gasteiger partial charge in [0, 0.05) is 0 Å². The van der Waals surface area contributed by atoms with E-state index in [1.807, 2.05) is 0 Å². The molecular weight excluding hydrogens is 228 g/mol. The van der Waals surface area contributed by atoms with Gasteiger partial charge in [-0.15, -0.1) is 0 Å². The van der Waals surface area contributed by atoms with Gasteiger partial charge in [0.25, 0.3) is 0 Å². The molecule has 0 aliphatic heterocycles. The smallest absolute Gasteiger partial charge is 0.0169 e. The Morgan fingerprint density at radius 3 is 1.89 bits per heavy atom. The van der Waals surface area contributed by atoms with Gasteiger partial charge in [0.2, 0.25) is 0 Å². The van der Waals surface area contributed by atoms with Crippen molar-refractivity contribution in [2.24, 2.45) is 5.92 Å². The second-order valence-corrected chi connectivity index (χ2v) is 6.07. The number of rotatable bonds is 13. The molecule has 0 spiro atoms. The quantitative estimate of drug-likeness (QED) is 0.246. The van der Waals surface area contributed by atoms with Crippen molar-refractivity contribution in [2.75, 3.05) is 0 Å². The van der Waals surface area contributed by atoms with Gasteiger partial charge in [-0.05, 0) is 31.6 Å². The highest BCUT2D eigenvalue weighted by molar-refractivity contribution is 4.92. The molecule has 0 aliphatic rings. The summed E-state index contributed by atoms with van der Waals surface area (Å²) in [6, 6.07) is 0. The summed E-state index contributed by atoms with van der Waals surface area (Å²) in [5.41, 5.74) is 0. The number of hydrogen-bond donors (Lipinski definition) is 0. The van der Waals surface area contributed by atoms with Crippen molar-refractivity contribution >= 4 is 0 Å². The molecule has 0 heterocycles. The van der Waals surface area contributed by atoms with Crippen molar-refractivity contribution in [1.82, 2.24) is 0 Å². The highest BCUT2D eigenvalue weighted by Gasteiger charge is 1.90. The Balaban J connectivity index is 3.14. The molecule has 0 saturated heterocycles. The minimum Gasteiger partial charge on any atom is -0.0882 e. The Morgan fingerprint density at radius 1 is 0.684 bits per heavy atom. The second kappa shape index (κ2) is 15.5. The first-order valence-corrected chi connectivity index (χ1v) is 8.57. The molecule has 0 N–H and O–H groups in total. The largest absolute Gasteiger partial charge is 0.0882 e. The zero-order valence-electron chi connectivity index (χ0n) is 13.7. The highest BCUT2D eigenvalue weighted by Crippen LogP contribution is 2.09. The molecule has 0 amide bonds. The normalized spacial score (nSPS) is 12.2. The van der Waals surface area contributed by atoms with Crippen LogP contribution >= 0.6 is 0 Å². The topological polar surface area (TPSA) is 0 Å². The van der Waals surface area contributed by atoms with Gasteiger partial charge in [-0.25, -0.2) is 0 Å². The summed E-state index contributed by atoms with van der Waals surface area (Å²) in [5, 5.41) is 0. The van der Waals surface area contributed by atoms with Crippen LogP contribution in [0.5, 0.6) is 0 Å². The first kappa shape index (κ1) is 18.5. The van der Waals surface area contributed by atoms with Crippen molar-refractivity contribution in [3.05, 3.63) is 24.3 Å². The van der Waals surface area contributed by atoms with Gasteiger partial charge >= 0.3 is 0 Å². The van der Waals surface area contributed by atoms with Crippen molar-refractivity contribution in [3.63, 3.8) is 0 Å². The van der Waals surface area contributed by atoms with Crippen LogP contribution in [-0.2, 0) is 0 Å². The zero-order chi connectivity index (χ0) is 14.2. The molecule has 0 fully saturated rings. The average Bonchev–Trinajstić information content (AvgIpc) is 2.39. The molecule has 0 aromatic heterocycles. The lowest BCUT2D eigenvalue weighted by atomic mass is 10.1. The summed E-state index contributed by atoms with van der Waals surface area (Å²) in [4.78, 5) is 0. The fourth-order valence-corrected chi connectivity index (χ4v) is 2.15. The molecule has 0 bridgehead atoms. The average molecular weight is 264 g/mol. The molecule has 0 atom stereocenters. The maximum Gasteiger partial charge on any atom is -0.0169 e. The van der Waals surface area contributed by atoms with Crippen LogP contribution in [0.2, 0.25) is 0 Å². The number of hydrogen-bond acceptors (Lipinski definition) is 0. The van der Waals surface area contributed by atoms with Crippen molar-refractivity contribution in [2.45, 2.75) is 91.4 Å². The maximum absolute atomic E-state index is 2.36. The third kappa shape index (κ3) is 17.5. The van der Waals surface area contributed by atoms with Crippen LogP contribution in [0.25, 0.3) is 0 Å². The van der Waals surface area contributed by atoms with E-state index >= 15 is 0 Å². The molecule has 19 heavy (non-hydrogen) atoms. The Kier molecular flexibility index (Phi) is 15.1. The van der Waals surface area contributed by atoms with Crippen LogP contribution < -0.4 is 0 Å². The molecule has 0 unspecified atom stereocenters. The molecule has 0 aliphatic carbocycles. The van der Waals surface area contributed by atoms with Gasteiger partial charge < -0.3 is 0 Å². The Labute approximate surface area is 122 Å². The second-order valence-electron chi connectivity index (χ2n) is 6.07. The van der Waals surface area contributed by atoms with Crippen LogP contribution in [0.3, 0.4) is 0 Å². The fraction of sp³-hybridized carbons (Fsp3) is 0.789. The van der Waals surface area contributed by atoms with Crippen LogP contribution in [0.15, 0.2) is 24.3 Å². The molecule has 0 rings (SSSR count). The lowest BCUT2D eigenvalue weighted by Gasteiger charge is -1.99. The van der Waals surface area contributed by atoms with Crippen molar-refractivity contribution in [1.29, 1.82) is 0 Å². The fourth-order valence-electron chi connectivity index (χ4n) is 2.15. The Hall–Kier alpha value is -0.520. The first-order chi connectivity index (χ1) is 9.27. The Morgan fingerprint density at radius 2 is 1.26 bits per heavy atom. The summed E-state index contributed by atoms with van der Waals surface area (Å²) in [5.74, 6) is 0.789. The lowest BCUT2D eigenvalue weighted by molar-refractivity contribution is 0.577. The molecule has 0 saturated carbocycles. The first-order valence-electron chi connectivity index (χ1n) is 8.57. The van der Waals surface area contributed by atoms with Gasteiger partial charge in [-0.3, -0.25) is 0 Å². The molecule has 0 nitrogen and oxygen atoms in total. The summed E-state index contributed by atoms with van der Waals surface area (Å²) in [6.07, 6.45) is 24.2. The monoisotopic (exact) mass is 264 g/mol. The molecule has 0 radical (unpaired) electrons. The number of unbranched alkanes of at least 4 members (excludes halogenated alkanes) is 8. The van der Waals surface area contributed by atoms with Gasteiger partial charge in [0.1, 0.15) is 0 Å². The zero-order valence-corrected chi connectivity index (χ0v) is 13.7. The summed E-state index contributed by atoms with van der Waals surface area (Å²) in [7, 11) is 0. The van der Waals surface area contributed by atoms with Crippen molar-refractivity contribution in [3.8, 4) is 0 Å². The molecule has 0 heteroatoms. The molecule has 112 valence electrons. The van der Waals surface area contributed by atoms with Gasteiger partial charge in [0.15, 0.2) is 0 Å². The predicted octanol–water partition coefficient (Wildman–Crippen LogP) is 7.07. The van der Waals surface area contributed by atoms with E-state index in [0.717, 1.165) is 12.3 Å². The summed E-state index contributed by atoms with van der Waals surface area (Å²) in [6.45, 7) is 6.81. The van der Waals surface area contributed by atoms with E-state index in [0.29, 0.717) is 0 Å². The third-order valence-electron chi connectivity index (χ3n) is 3.44. The Bertz CT molecular complexity index is 210. The molecular formula is C19H36. The van der Waals surface area contributed by atoms with E-state index in [9.17, 15) is 0 Å².